The quantitative estimate of drug-likeness (QED) is 0.756. The summed E-state index contributed by atoms with van der Waals surface area (Å²) in [6.07, 6.45) is 0.934. The van der Waals surface area contributed by atoms with Crippen molar-refractivity contribution in [2.24, 2.45) is 0 Å². The van der Waals surface area contributed by atoms with E-state index in [2.05, 4.69) is 32.6 Å². The van der Waals surface area contributed by atoms with E-state index in [9.17, 15) is 4.79 Å². The first-order valence-corrected chi connectivity index (χ1v) is 8.23. The maximum atomic E-state index is 12.6. The van der Waals surface area contributed by atoms with E-state index in [1.165, 1.54) is 5.56 Å². The van der Waals surface area contributed by atoms with Gasteiger partial charge in [-0.05, 0) is 42.3 Å². The summed E-state index contributed by atoms with van der Waals surface area (Å²) in [5.74, 6) is 0.717. The third-order valence-corrected chi connectivity index (χ3v) is 4.75. The highest BCUT2D eigenvalue weighted by Crippen LogP contribution is 2.39. The van der Waals surface area contributed by atoms with Gasteiger partial charge in [0, 0.05) is 27.8 Å². The van der Waals surface area contributed by atoms with Crippen LogP contribution in [0.2, 0.25) is 0 Å². The number of hydrogen-bond donors (Lipinski definition) is 2. The summed E-state index contributed by atoms with van der Waals surface area (Å²) >= 11 is 3.49. The lowest BCUT2D eigenvalue weighted by atomic mass is 9.92. The molecule has 116 valence electrons. The molecule has 0 aromatic heterocycles. The number of amides is 1. The van der Waals surface area contributed by atoms with Crippen molar-refractivity contribution in [2.75, 3.05) is 19.0 Å². The van der Waals surface area contributed by atoms with Gasteiger partial charge < -0.3 is 15.4 Å². The van der Waals surface area contributed by atoms with Gasteiger partial charge in [0.15, 0.2) is 0 Å². The zero-order valence-corrected chi connectivity index (χ0v) is 14.2. The first-order valence-electron chi connectivity index (χ1n) is 7.44. The van der Waals surface area contributed by atoms with Gasteiger partial charge in [-0.1, -0.05) is 22.0 Å². The molecule has 23 heavy (non-hydrogen) atoms. The number of ether oxygens (including phenoxy) is 1. The van der Waals surface area contributed by atoms with Gasteiger partial charge in [0.2, 0.25) is 0 Å². The number of carbonyl (C=O) groups excluding carboxylic acids is 1. The Bertz CT molecular complexity index is 858. The monoisotopic (exact) mass is 370 g/mol. The van der Waals surface area contributed by atoms with E-state index in [1.54, 1.807) is 7.11 Å². The van der Waals surface area contributed by atoms with Gasteiger partial charge in [-0.3, -0.25) is 4.79 Å². The molecule has 2 aliphatic heterocycles. The maximum absolute atomic E-state index is 12.6. The van der Waals surface area contributed by atoms with Crippen LogP contribution in [0.5, 0.6) is 5.75 Å². The largest absolute Gasteiger partial charge is 0.497 e. The van der Waals surface area contributed by atoms with E-state index >= 15 is 0 Å². The molecule has 2 aliphatic rings. The molecule has 4 rings (SSSR count). The first-order chi connectivity index (χ1) is 11.2. The summed E-state index contributed by atoms with van der Waals surface area (Å²) in [6, 6.07) is 11.9. The Labute approximate surface area is 142 Å². The van der Waals surface area contributed by atoms with Crippen molar-refractivity contribution in [1.29, 1.82) is 0 Å². The second-order valence-electron chi connectivity index (χ2n) is 5.59. The zero-order valence-electron chi connectivity index (χ0n) is 12.6. The fraction of sp³-hybridized carbons (Fsp3) is 0.167. The molecule has 0 saturated heterocycles. The molecular formula is C18H15BrN2O2. The van der Waals surface area contributed by atoms with E-state index in [0.29, 0.717) is 5.57 Å². The topological polar surface area (TPSA) is 50.4 Å². The van der Waals surface area contributed by atoms with Crippen LogP contribution >= 0.6 is 15.9 Å². The van der Waals surface area contributed by atoms with E-state index in [1.807, 2.05) is 30.3 Å². The van der Waals surface area contributed by atoms with Gasteiger partial charge in [0.1, 0.15) is 5.75 Å². The Kier molecular flexibility index (Phi) is 3.38. The van der Waals surface area contributed by atoms with E-state index < -0.39 is 0 Å². The Balaban J connectivity index is 1.97. The molecule has 2 N–H and O–H groups in total. The van der Waals surface area contributed by atoms with Crippen molar-refractivity contribution < 1.29 is 9.53 Å². The molecule has 0 radical (unpaired) electrons. The minimum Gasteiger partial charge on any atom is -0.497 e. The number of nitrogens with one attached hydrogen (secondary N) is 2. The van der Waals surface area contributed by atoms with Gasteiger partial charge in [-0.15, -0.1) is 0 Å². The van der Waals surface area contributed by atoms with Gasteiger partial charge in [-0.25, -0.2) is 0 Å². The number of fused-ring (bicyclic) bond motifs is 2. The molecule has 2 aromatic carbocycles. The van der Waals surface area contributed by atoms with Crippen LogP contribution < -0.4 is 15.4 Å². The van der Waals surface area contributed by atoms with Crippen molar-refractivity contribution in [2.45, 2.75) is 6.42 Å². The highest BCUT2D eigenvalue weighted by Gasteiger charge is 2.30. The number of carbonyl (C=O) groups is 1. The minimum absolute atomic E-state index is 0.0729. The van der Waals surface area contributed by atoms with Gasteiger partial charge in [-0.2, -0.15) is 0 Å². The van der Waals surface area contributed by atoms with Crippen molar-refractivity contribution >= 4 is 38.8 Å². The average molecular weight is 371 g/mol. The van der Waals surface area contributed by atoms with Crippen molar-refractivity contribution in [1.82, 2.24) is 5.32 Å². The van der Waals surface area contributed by atoms with Crippen molar-refractivity contribution in [3.05, 3.63) is 57.6 Å². The number of anilines is 1. The van der Waals surface area contributed by atoms with Crippen LogP contribution in [0, 0.1) is 0 Å². The molecule has 0 unspecified atom stereocenters. The SMILES string of the molecule is COc1ccc2c(c1)/C(=C1/C(=O)Nc3ccc(Br)cc31)NCC2. The molecule has 0 bridgehead atoms. The van der Waals surface area contributed by atoms with Crippen LogP contribution in [0.15, 0.2) is 40.9 Å². The summed E-state index contributed by atoms with van der Waals surface area (Å²) in [4.78, 5) is 12.6. The number of methoxy groups -OCH3 is 1. The summed E-state index contributed by atoms with van der Waals surface area (Å²) in [6.45, 7) is 0.814. The van der Waals surface area contributed by atoms with Crippen LogP contribution in [0.3, 0.4) is 0 Å². The van der Waals surface area contributed by atoms with Crippen LogP contribution in [-0.4, -0.2) is 19.6 Å². The fourth-order valence-corrected chi connectivity index (χ4v) is 3.52. The molecule has 0 saturated carbocycles. The van der Waals surface area contributed by atoms with Gasteiger partial charge >= 0.3 is 0 Å². The average Bonchev–Trinajstić information content (AvgIpc) is 2.89. The molecule has 0 spiro atoms. The summed E-state index contributed by atoms with van der Waals surface area (Å²) < 4.78 is 6.30. The third kappa shape index (κ3) is 2.32. The molecule has 5 heteroatoms. The Hall–Kier alpha value is -2.27. The third-order valence-electron chi connectivity index (χ3n) is 4.26. The van der Waals surface area contributed by atoms with E-state index in [0.717, 1.165) is 45.7 Å². The molecule has 0 aliphatic carbocycles. The molecule has 4 nitrogen and oxygen atoms in total. The van der Waals surface area contributed by atoms with Crippen LogP contribution in [0.25, 0.3) is 11.3 Å². The summed E-state index contributed by atoms with van der Waals surface area (Å²) in [5, 5.41) is 6.35. The molecule has 2 aromatic rings. The lowest BCUT2D eigenvalue weighted by Gasteiger charge is -2.23. The minimum atomic E-state index is -0.0729. The summed E-state index contributed by atoms with van der Waals surface area (Å²) in [7, 11) is 1.65. The normalized spacial score (nSPS) is 18.8. The van der Waals surface area contributed by atoms with Crippen molar-refractivity contribution in [3.63, 3.8) is 0 Å². The molecule has 0 fully saturated rings. The highest BCUT2D eigenvalue weighted by atomic mass is 79.9. The zero-order chi connectivity index (χ0) is 16.0. The lowest BCUT2D eigenvalue weighted by molar-refractivity contribution is -0.110. The van der Waals surface area contributed by atoms with Crippen LogP contribution in [0.4, 0.5) is 5.69 Å². The second-order valence-corrected chi connectivity index (χ2v) is 6.51. The molecule has 1 amide bonds. The molecule has 2 heterocycles. The number of benzene rings is 2. The van der Waals surface area contributed by atoms with Crippen molar-refractivity contribution in [3.8, 4) is 5.75 Å². The predicted octanol–water partition coefficient (Wildman–Crippen LogP) is 3.42. The first kappa shape index (κ1) is 14.3. The number of rotatable bonds is 1. The Morgan fingerprint density at radius 2 is 2.00 bits per heavy atom. The van der Waals surface area contributed by atoms with E-state index in [4.69, 9.17) is 4.74 Å². The van der Waals surface area contributed by atoms with Crippen LogP contribution in [-0.2, 0) is 11.2 Å². The Morgan fingerprint density at radius 1 is 1.13 bits per heavy atom. The highest BCUT2D eigenvalue weighted by molar-refractivity contribution is 9.10. The van der Waals surface area contributed by atoms with E-state index in [-0.39, 0.29) is 5.91 Å². The maximum Gasteiger partial charge on any atom is 0.258 e. The second kappa shape index (κ2) is 5.42. The van der Waals surface area contributed by atoms with Crippen LogP contribution in [0.1, 0.15) is 16.7 Å². The molecule has 0 atom stereocenters. The number of hydrogen-bond acceptors (Lipinski definition) is 3. The number of halogens is 1. The summed E-state index contributed by atoms with van der Waals surface area (Å²) in [5.41, 5.74) is 5.59. The van der Waals surface area contributed by atoms with Gasteiger partial charge in [0.25, 0.3) is 5.91 Å². The Morgan fingerprint density at radius 3 is 2.83 bits per heavy atom. The predicted molar refractivity (Wildman–Crippen MR) is 94.3 cm³/mol. The molecular weight excluding hydrogens is 356 g/mol. The smallest absolute Gasteiger partial charge is 0.258 e. The fourth-order valence-electron chi connectivity index (χ4n) is 3.16. The standard InChI is InChI=1S/C18H15BrN2O2/c1-23-12-4-2-10-6-7-20-17(13(10)9-12)16-14-8-11(19)3-5-15(14)21-18(16)22/h2-5,8-9,20H,6-7H2,1H3,(H,21,22)/b17-16-. The lowest BCUT2D eigenvalue weighted by Crippen LogP contribution is -2.25. The van der Waals surface area contributed by atoms with Gasteiger partial charge in [0.05, 0.1) is 18.4 Å².